The molecule has 0 N–H and O–H groups in total. The van der Waals surface area contributed by atoms with E-state index in [0.717, 1.165) is 0 Å². The number of rotatable bonds is 2. The summed E-state index contributed by atoms with van der Waals surface area (Å²) in [5, 5.41) is 14.8. The van der Waals surface area contributed by atoms with Crippen molar-refractivity contribution in [1.29, 1.82) is 0 Å². The van der Waals surface area contributed by atoms with E-state index < -0.39 is 16.1 Å². The Morgan fingerprint density at radius 1 is 0.315 bits per heavy atom. The van der Waals surface area contributed by atoms with E-state index in [1.807, 2.05) is 22.7 Å². The monoisotopic (exact) mass is 756 g/mol. The summed E-state index contributed by atoms with van der Waals surface area (Å²) in [6.07, 6.45) is 0. The summed E-state index contributed by atoms with van der Waals surface area (Å²) in [6.45, 7) is 10.3. The van der Waals surface area contributed by atoms with Crippen molar-refractivity contribution in [2.75, 3.05) is 0 Å². The fourth-order valence-electron chi connectivity index (χ4n) is 10.0. The molecule has 0 fully saturated rings. The lowest BCUT2D eigenvalue weighted by Gasteiger charge is -2.39. The zero-order chi connectivity index (χ0) is 36.1. The second-order valence-electron chi connectivity index (χ2n) is 16.5. The van der Waals surface area contributed by atoms with Gasteiger partial charge in [0.1, 0.15) is 16.1 Å². The first-order valence-electron chi connectivity index (χ1n) is 19.0. The molecule has 0 amide bonds. The molecule has 4 heterocycles. The predicted molar refractivity (Wildman–Crippen MR) is 245 cm³/mol. The lowest BCUT2D eigenvalue weighted by atomic mass is 9.89. The van der Waals surface area contributed by atoms with Crippen molar-refractivity contribution in [3.63, 3.8) is 0 Å². The lowest BCUT2D eigenvalue weighted by Crippen LogP contribution is -2.59. The minimum Gasteiger partial charge on any atom is -0.135 e. The largest absolute Gasteiger partial charge is 0.135 e. The third kappa shape index (κ3) is 4.12. The highest BCUT2D eigenvalue weighted by molar-refractivity contribution is 7.26. The van der Waals surface area contributed by atoms with Gasteiger partial charge in [0.2, 0.25) is 0 Å². The topological polar surface area (TPSA) is 0 Å². The third-order valence-electron chi connectivity index (χ3n) is 12.9. The Kier molecular flexibility index (Phi) is 6.23. The van der Waals surface area contributed by atoms with E-state index >= 15 is 0 Å². The molecule has 12 rings (SSSR count). The van der Waals surface area contributed by atoms with Gasteiger partial charge in [-0.3, -0.25) is 0 Å². The van der Waals surface area contributed by atoms with E-state index in [0.29, 0.717) is 0 Å². The van der Waals surface area contributed by atoms with Crippen molar-refractivity contribution < 1.29 is 0 Å². The standard InChI is InChI=1S/C50H36S2Si2/c1-53(2)45-23-24-46-50-38(36-18-14-32(28-48(36)54(46,3)4)30-16-22-44-40(26-30)34-10-6-8-12-42(34)52-44)20-19-37(49(45)50)35-17-13-31(27-47(35)53)29-15-21-43-39(25-29)33-9-5-7-11-41(33)51-43/h5-28H,1-4H3. The predicted octanol–water partition coefficient (Wildman–Crippen LogP) is 12.5. The van der Waals surface area contributed by atoms with Gasteiger partial charge in [0.15, 0.2) is 0 Å². The summed E-state index contributed by atoms with van der Waals surface area (Å²) < 4.78 is 5.44. The Hall–Kier alpha value is -5.11. The molecule has 2 aliphatic heterocycles. The molecule has 54 heavy (non-hydrogen) atoms. The van der Waals surface area contributed by atoms with Crippen molar-refractivity contribution in [3.05, 3.63) is 146 Å². The van der Waals surface area contributed by atoms with E-state index in [9.17, 15) is 0 Å². The summed E-state index contributed by atoms with van der Waals surface area (Å²) in [7, 11) is -4.11. The van der Waals surface area contributed by atoms with Gasteiger partial charge in [-0.05, 0) is 112 Å². The van der Waals surface area contributed by atoms with Gasteiger partial charge in [-0.1, -0.05) is 135 Å². The Balaban J connectivity index is 1.01. The van der Waals surface area contributed by atoms with Gasteiger partial charge >= 0.3 is 0 Å². The molecule has 0 spiro atoms. The highest BCUT2D eigenvalue weighted by atomic mass is 32.1. The molecule has 0 nitrogen and oxygen atoms in total. The first-order valence-corrected chi connectivity index (χ1v) is 26.6. The molecular formula is C50H36S2Si2. The van der Waals surface area contributed by atoms with Gasteiger partial charge in [-0.25, -0.2) is 0 Å². The molecule has 2 aliphatic rings. The van der Waals surface area contributed by atoms with E-state index in [4.69, 9.17) is 0 Å². The van der Waals surface area contributed by atoms with Crippen LogP contribution in [0, 0.1) is 0 Å². The van der Waals surface area contributed by atoms with E-state index in [1.165, 1.54) is 95.6 Å². The molecule has 0 unspecified atom stereocenters. The smallest absolute Gasteiger partial charge is 0.113 e. The molecule has 0 aliphatic carbocycles. The average Bonchev–Trinajstić information content (AvgIpc) is 3.76. The second kappa shape index (κ2) is 10.8. The summed E-state index contributed by atoms with van der Waals surface area (Å²) in [6, 6.07) is 56.5. The van der Waals surface area contributed by atoms with Gasteiger partial charge in [0, 0.05) is 40.3 Å². The molecule has 2 aromatic heterocycles. The number of hydrogen-bond donors (Lipinski definition) is 0. The molecule has 8 aromatic carbocycles. The molecule has 4 heteroatoms. The number of hydrogen-bond acceptors (Lipinski definition) is 2. The van der Waals surface area contributed by atoms with Crippen LogP contribution in [0.4, 0.5) is 0 Å². The van der Waals surface area contributed by atoms with Crippen LogP contribution >= 0.6 is 22.7 Å². The first-order chi connectivity index (χ1) is 26.3. The van der Waals surface area contributed by atoms with Crippen LogP contribution in [0.25, 0.3) is 95.6 Å². The van der Waals surface area contributed by atoms with Gasteiger partial charge in [-0.2, -0.15) is 0 Å². The van der Waals surface area contributed by atoms with Crippen molar-refractivity contribution in [2.24, 2.45) is 0 Å². The molecule has 0 saturated carbocycles. The fraction of sp³-hybridized carbons (Fsp3) is 0.0800. The number of fused-ring (bicyclic) bond motifs is 10. The molecule has 0 radical (unpaired) electrons. The quantitative estimate of drug-likeness (QED) is 0.154. The van der Waals surface area contributed by atoms with Crippen LogP contribution in [0.15, 0.2) is 146 Å². The summed E-state index contributed by atoms with van der Waals surface area (Å²) >= 11 is 3.78. The normalized spacial score (nSPS) is 15.0. The Morgan fingerprint density at radius 2 is 0.685 bits per heavy atom. The summed E-state index contributed by atoms with van der Waals surface area (Å²) in [5.74, 6) is 0. The molecular weight excluding hydrogens is 721 g/mol. The Labute approximate surface area is 325 Å². The number of benzene rings is 8. The molecule has 256 valence electrons. The van der Waals surface area contributed by atoms with Crippen molar-refractivity contribution in [3.8, 4) is 44.5 Å². The van der Waals surface area contributed by atoms with Crippen molar-refractivity contribution >= 4 is 111 Å². The highest BCUT2D eigenvalue weighted by Crippen LogP contribution is 2.43. The van der Waals surface area contributed by atoms with E-state index in [2.05, 4.69) is 172 Å². The molecule has 10 aromatic rings. The van der Waals surface area contributed by atoms with Gasteiger partial charge in [-0.15, -0.1) is 22.7 Å². The van der Waals surface area contributed by atoms with Crippen LogP contribution in [0.1, 0.15) is 0 Å². The minimum absolute atomic E-state index is 1.31. The van der Waals surface area contributed by atoms with Crippen LogP contribution in [-0.4, -0.2) is 16.1 Å². The van der Waals surface area contributed by atoms with Gasteiger partial charge < -0.3 is 0 Å². The summed E-state index contributed by atoms with van der Waals surface area (Å²) in [5.41, 5.74) is 11.0. The number of thiophene rings is 2. The SMILES string of the molecule is C[Si]1(C)c2cc(-c3ccc4sc5ccccc5c4c3)ccc2-c2ccc3c4c(ccc1c24)[Si](C)(C)c1cc(-c2ccc4sc5ccccc5c4c2)ccc1-3. The van der Waals surface area contributed by atoms with Crippen molar-refractivity contribution in [1.82, 2.24) is 0 Å². The maximum atomic E-state index is 2.58. The Bertz CT molecular complexity index is 3060. The zero-order valence-electron chi connectivity index (χ0n) is 30.7. The fourth-order valence-corrected chi connectivity index (χ4v) is 18.4. The Morgan fingerprint density at radius 3 is 1.15 bits per heavy atom. The molecule has 0 atom stereocenters. The zero-order valence-corrected chi connectivity index (χ0v) is 34.3. The van der Waals surface area contributed by atoms with Gasteiger partial charge in [0.25, 0.3) is 0 Å². The summed E-state index contributed by atoms with van der Waals surface area (Å²) in [4.78, 5) is 0. The van der Waals surface area contributed by atoms with Crippen LogP contribution in [0.5, 0.6) is 0 Å². The van der Waals surface area contributed by atoms with Crippen LogP contribution in [-0.2, 0) is 0 Å². The first kappa shape index (κ1) is 31.3. The lowest BCUT2D eigenvalue weighted by molar-refractivity contribution is 1.59. The van der Waals surface area contributed by atoms with Crippen LogP contribution in [0.2, 0.25) is 26.2 Å². The second-order valence-corrected chi connectivity index (χ2v) is 27.3. The minimum atomic E-state index is -2.05. The van der Waals surface area contributed by atoms with E-state index in [1.54, 1.807) is 20.7 Å². The third-order valence-corrected chi connectivity index (χ3v) is 22.2. The van der Waals surface area contributed by atoms with Crippen molar-refractivity contribution in [2.45, 2.75) is 26.2 Å². The van der Waals surface area contributed by atoms with E-state index in [-0.39, 0.29) is 0 Å². The molecule has 0 saturated heterocycles. The van der Waals surface area contributed by atoms with Gasteiger partial charge in [0.05, 0.1) is 0 Å². The molecule has 0 bridgehead atoms. The van der Waals surface area contributed by atoms with Crippen LogP contribution < -0.4 is 20.7 Å². The van der Waals surface area contributed by atoms with Crippen LogP contribution in [0.3, 0.4) is 0 Å². The maximum absolute atomic E-state index is 2.58. The highest BCUT2D eigenvalue weighted by Gasteiger charge is 2.41. The maximum Gasteiger partial charge on any atom is 0.113 e. The average molecular weight is 757 g/mol.